The van der Waals surface area contributed by atoms with E-state index in [1.807, 2.05) is 6.92 Å². The molecule has 21 heavy (non-hydrogen) atoms. The Kier molecular flexibility index (Phi) is 6.15. The van der Waals surface area contributed by atoms with Gasteiger partial charge in [-0.3, -0.25) is 4.79 Å². The van der Waals surface area contributed by atoms with E-state index in [0.29, 0.717) is 6.42 Å². The van der Waals surface area contributed by atoms with Gasteiger partial charge < -0.3 is 5.11 Å². The highest BCUT2D eigenvalue weighted by Crippen LogP contribution is 2.20. The quantitative estimate of drug-likeness (QED) is 0.796. The molecule has 0 aromatic heterocycles. The van der Waals surface area contributed by atoms with Crippen molar-refractivity contribution in [2.24, 2.45) is 0 Å². The maximum Gasteiger partial charge on any atom is 0.321 e. The fourth-order valence-corrected chi connectivity index (χ4v) is 3.25. The van der Waals surface area contributed by atoms with Crippen molar-refractivity contribution in [3.63, 3.8) is 0 Å². The molecule has 0 aliphatic heterocycles. The minimum absolute atomic E-state index is 0.130. The van der Waals surface area contributed by atoms with Gasteiger partial charge in [0.15, 0.2) is 0 Å². The topological polar surface area (TPSA) is 107 Å². The summed E-state index contributed by atoms with van der Waals surface area (Å²) < 4.78 is 26.6. The lowest BCUT2D eigenvalue weighted by Gasteiger charge is -2.15. The van der Waals surface area contributed by atoms with Gasteiger partial charge in [0.25, 0.3) is 0 Å². The van der Waals surface area contributed by atoms with Crippen LogP contribution in [0.2, 0.25) is 5.02 Å². The zero-order valence-corrected chi connectivity index (χ0v) is 12.9. The smallest absolute Gasteiger partial charge is 0.321 e. The Morgan fingerprint density at radius 2 is 2.19 bits per heavy atom. The van der Waals surface area contributed by atoms with Gasteiger partial charge >= 0.3 is 5.97 Å². The first-order valence-corrected chi connectivity index (χ1v) is 8.12. The highest BCUT2D eigenvalue weighted by molar-refractivity contribution is 7.89. The second-order valence-electron chi connectivity index (χ2n) is 4.41. The molecule has 0 radical (unpaired) electrons. The molecule has 0 saturated carbocycles. The molecular formula is C13H15ClN2O4S. The number of aliphatic carboxylic acids is 1. The summed E-state index contributed by atoms with van der Waals surface area (Å²) in [5, 5.41) is 18.3. The van der Waals surface area contributed by atoms with Gasteiger partial charge in [0, 0.05) is 5.02 Å². The van der Waals surface area contributed by atoms with E-state index < -0.39 is 22.0 Å². The van der Waals surface area contributed by atoms with Crippen LogP contribution in [-0.4, -0.2) is 25.5 Å². The van der Waals surface area contributed by atoms with Gasteiger partial charge in [0.1, 0.15) is 12.1 Å². The van der Waals surface area contributed by atoms with Gasteiger partial charge in [-0.1, -0.05) is 31.4 Å². The Labute approximate surface area is 128 Å². The number of nitrogens with one attached hydrogen (secondary N) is 1. The Morgan fingerprint density at radius 1 is 1.52 bits per heavy atom. The molecule has 1 atom stereocenters. The van der Waals surface area contributed by atoms with Crippen molar-refractivity contribution in [2.45, 2.75) is 37.1 Å². The highest BCUT2D eigenvalue weighted by Gasteiger charge is 2.26. The van der Waals surface area contributed by atoms with Crippen molar-refractivity contribution in [3.05, 3.63) is 28.8 Å². The van der Waals surface area contributed by atoms with Crippen LogP contribution < -0.4 is 4.72 Å². The molecule has 114 valence electrons. The minimum Gasteiger partial charge on any atom is -0.480 e. The zero-order valence-electron chi connectivity index (χ0n) is 11.3. The third-order valence-corrected chi connectivity index (χ3v) is 4.56. The molecule has 0 heterocycles. The number of hydrogen-bond donors (Lipinski definition) is 2. The summed E-state index contributed by atoms with van der Waals surface area (Å²) in [4.78, 5) is 10.8. The number of rotatable bonds is 7. The van der Waals surface area contributed by atoms with E-state index in [2.05, 4.69) is 4.72 Å². The predicted molar refractivity (Wildman–Crippen MR) is 77.4 cm³/mol. The van der Waals surface area contributed by atoms with Crippen molar-refractivity contribution >= 4 is 27.6 Å². The molecule has 6 nitrogen and oxygen atoms in total. The van der Waals surface area contributed by atoms with Gasteiger partial charge in [-0.25, -0.2) is 8.42 Å². The number of nitrogens with zero attached hydrogens (tertiary/aromatic N) is 1. The first-order valence-electron chi connectivity index (χ1n) is 6.26. The summed E-state index contributed by atoms with van der Waals surface area (Å²) in [6.45, 7) is 1.88. The predicted octanol–water partition coefficient (Wildman–Crippen LogP) is 2.13. The van der Waals surface area contributed by atoms with Crippen LogP contribution in [0.25, 0.3) is 0 Å². The van der Waals surface area contributed by atoms with Crippen molar-refractivity contribution in [2.75, 3.05) is 0 Å². The van der Waals surface area contributed by atoms with E-state index in [1.54, 1.807) is 6.07 Å². The number of benzene rings is 1. The largest absolute Gasteiger partial charge is 0.480 e. The van der Waals surface area contributed by atoms with E-state index in [9.17, 15) is 13.2 Å². The average molecular weight is 331 g/mol. The highest BCUT2D eigenvalue weighted by atomic mass is 35.5. The van der Waals surface area contributed by atoms with E-state index >= 15 is 0 Å². The lowest BCUT2D eigenvalue weighted by Crippen LogP contribution is -2.40. The van der Waals surface area contributed by atoms with Gasteiger partial charge in [-0.2, -0.15) is 9.98 Å². The van der Waals surface area contributed by atoms with E-state index in [0.717, 1.165) is 6.42 Å². The molecule has 0 aliphatic rings. The second-order valence-corrected chi connectivity index (χ2v) is 6.53. The lowest BCUT2D eigenvalue weighted by atomic mass is 10.1. The van der Waals surface area contributed by atoms with Crippen molar-refractivity contribution in [3.8, 4) is 6.07 Å². The number of carboxylic acids is 1. The summed E-state index contributed by atoms with van der Waals surface area (Å²) in [6, 6.07) is 4.25. The van der Waals surface area contributed by atoms with Crippen LogP contribution in [0.15, 0.2) is 23.1 Å². The zero-order chi connectivity index (χ0) is 16.0. The Bertz CT molecular complexity index is 667. The molecule has 1 aromatic rings. The van der Waals surface area contributed by atoms with Crippen LogP contribution in [0.4, 0.5) is 0 Å². The maximum atomic E-state index is 12.2. The lowest BCUT2D eigenvalue weighted by molar-refractivity contribution is -0.139. The average Bonchev–Trinajstić information content (AvgIpc) is 2.42. The van der Waals surface area contributed by atoms with Crippen molar-refractivity contribution in [1.29, 1.82) is 5.26 Å². The Hall–Kier alpha value is -1.62. The normalized spacial score (nSPS) is 12.6. The standard InChI is InChI=1S/C13H15ClN2O4S/c1-2-3-4-11(13(17)18)16-21(19,20)12-6-5-10(14)7-9(12)8-15/h5-7,11,16H,2-4H2,1H3,(H,17,18). The number of halogens is 1. The first-order chi connectivity index (χ1) is 9.81. The molecule has 1 rings (SSSR count). The number of unbranched alkanes of at least 4 members (excludes halogenated alkanes) is 1. The van der Waals surface area contributed by atoms with Gasteiger partial charge in [0.2, 0.25) is 10.0 Å². The molecule has 0 amide bonds. The summed E-state index contributed by atoms with van der Waals surface area (Å²) in [7, 11) is -4.11. The van der Waals surface area contributed by atoms with E-state index in [1.165, 1.54) is 18.2 Å². The number of carboxylic acid groups (broad SMARTS) is 1. The molecule has 0 aliphatic carbocycles. The number of nitriles is 1. The van der Waals surface area contributed by atoms with Crippen LogP contribution in [0, 0.1) is 11.3 Å². The van der Waals surface area contributed by atoms with Crippen molar-refractivity contribution < 1.29 is 18.3 Å². The maximum absolute atomic E-state index is 12.2. The molecule has 0 bridgehead atoms. The molecule has 1 aromatic carbocycles. The third kappa shape index (κ3) is 4.70. The first kappa shape index (κ1) is 17.4. The van der Waals surface area contributed by atoms with E-state index in [4.69, 9.17) is 22.0 Å². The third-order valence-electron chi connectivity index (χ3n) is 2.79. The summed E-state index contributed by atoms with van der Waals surface area (Å²) in [5.74, 6) is -1.25. The minimum atomic E-state index is -4.11. The van der Waals surface area contributed by atoms with Crippen LogP contribution in [0.5, 0.6) is 0 Å². The molecular weight excluding hydrogens is 316 g/mol. The fraction of sp³-hybridized carbons (Fsp3) is 0.385. The summed E-state index contributed by atoms with van der Waals surface area (Å²) in [6.07, 6.45) is 1.50. The van der Waals surface area contributed by atoms with Gasteiger partial charge in [-0.15, -0.1) is 0 Å². The summed E-state index contributed by atoms with van der Waals surface area (Å²) >= 11 is 5.71. The molecule has 1 unspecified atom stereocenters. The van der Waals surface area contributed by atoms with Gasteiger partial charge in [0.05, 0.1) is 10.5 Å². The molecule has 0 spiro atoms. The molecule has 0 saturated heterocycles. The van der Waals surface area contributed by atoms with E-state index in [-0.39, 0.29) is 21.9 Å². The summed E-state index contributed by atoms with van der Waals surface area (Å²) in [5.41, 5.74) is -0.130. The molecule has 0 fully saturated rings. The second kappa shape index (κ2) is 7.41. The van der Waals surface area contributed by atoms with Crippen LogP contribution in [0.1, 0.15) is 31.7 Å². The number of sulfonamides is 1. The van der Waals surface area contributed by atoms with Crippen LogP contribution in [0.3, 0.4) is 0 Å². The van der Waals surface area contributed by atoms with Crippen molar-refractivity contribution in [1.82, 2.24) is 4.72 Å². The number of hydrogen-bond acceptors (Lipinski definition) is 4. The van der Waals surface area contributed by atoms with Gasteiger partial charge in [-0.05, 0) is 24.6 Å². The van der Waals surface area contributed by atoms with Crippen LogP contribution >= 0.6 is 11.6 Å². The van der Waals surface area contributed by atoms with Crippen LogP contribution in [-0.2, 0) is 14.8 Å². The Morgan fingerprint density at radius 3 is 2.71 bits per heavy atom. The Balaban J connectivity index is 3.11. The SMILES string of the molecule is CCCCC(NS(=O)(=O)c1ccc(Cl)cc1C#N)C(=O)O. The molecule has 8 heteroatoms. The number of carbonyl (C=O) groups is 1. The molecule has 2 N–H and O–H groups in total. The fourth-order valence-electron chi connectivity index (χ4n) is 1.72. The monoisotopic (exact) mass is 330 g/mol.